The molecule has 3 aromatic carbocycles. The molecule has 1 heterocycles. The molecule has 3 aliphatic rings. The van der Waals surface area contributed by atoms with Crippen LogP contribution < -0.4 is 15.4 Å². The molecule has 50 heavy (non-hydrogen) atoms. The molecule has 0 spiro atoms. The molecule has 1 aliphatic heterocycles. The molecular weight excluding hydrogens is 663 g/mol. The van der Waals surface area contributed by atoms with Gasteiger partial charge in [0, 0.05) is 30.1 Å². The predicted octanol–water partition coefficient (Wildman–Crippen LogP) is 5.51. The van der Waals surface area contributed by atoms with E-state index >= 15 is 0 Å². The SMILES string of the molecule is C=C[C@@H]1C[C@]1(NC(=O)[C@@H]1C[C@@H](c2ccc(-c3ccccc3)cc2)CN1C(=O)[C@H](Nc1ccc(F)c(F)c1)C(C)(C)C)C(=O)NS(=O)(=O)C1CC1. The van der Waals surface area contributed by atoms with Gasteiger partial charge in [0.25, 0.3) is 5.91 Å². The molecule has 2 aliphatic carbocycles. The average molecular weight is 705 g/mol. The second kappa shape index (κ2) is 13.3. The monoisotopic (exact) mass is 704 g/mol. The number of nitrogens with one attached hydrogen (secondary N) is 3. The molecule has 12 heteroatoms. The molecule has 1 saturated heterocycles. The van der Waals surface area contributed by atoms with E-state index in [2.05, 4.69) is 21.9 Å². The van der Waals surface area contributed by atoms with E-state index in [1.54, 1.807) is 0 Å². The van der Waals surface area contributed by atoms with E-state index in [9.17, 15) is 31.6 Å². The maximum absolute atomic E-state index is 14.5. The zero-order valence-electron chi connectivity index (χ0n) is 28.3. The highest BCUT2D eigenvalue weighted by Crippen LogP contribution is 2.46. The van der Waals surface area contributed by atoms with Crippen molar-refractivity contribution in [3.63, 3.8) is 0 Å². The highest BCUT2D eigenvalue weighted by atomic mass is 32.2. The van der Waals surface area contributed by atoms with Crippen LogP contribution in [0.1, 0.15) is 57.9 Å². The van der Waals surface area contributed by atoms with Crippen molar-refractivity contribution in [2.24, 2.45) is 11.3 Å². The molecule has 3 amide bonds. The number of carbonyl (C=O) groups is 3. The molecule has 0 bridgehead atoms. The second-order valence-electron chi connectivity index (χ2n) is 14.7. The van der Waals surface area contributed by atoms with Gasteiger partial charge in [0.15, 0.2) is 11.6 Å². The second-order valence-corrected chi connectivity index (χ2v) is 16.6. The van der Waals surface area contributed by atoms with Gasteiger partial charge in [-0.15, -0.1) is 6.58 Å². The molecule has 264 valence electrons. The van der Waals surface area contributed by atoms with Gasteiger partial charge in [-0.25, -0.2) is 17.2 Å². The van der Waals surface area contributed by atoms with Crippen LogP contribution in [0, 0.1) is 23.0 Å². The first-order valence-corrected chi connectivity index (χ1v) is 18.4. The van der Waals surface area contributed by atoms with Crippen LogP contribution >= 0.6 is 0 Å². The summed E-state index contributed by atoms with van der Waals surface area (Å²) < 4.78 is 55.4. The van der Waals surface area contributed by atoms with Crippen molar-refractivity contribution < 1.29 is 31.6 Å². The van der Waals surface area contributed by atoms with E-state index in [4.69, 9.17) is 0 Å². The summed E-state index contributed by atoms with van der Waals surface area (Å²) in [5, 5.41) is 5.26. The first kappa shape index (κ1) is 35.3. The summed E-state index contributed by atoms with van der Waals surface area (Å²) in [7, 11) is -3.88. The molecule has 2 saturated carbocycles. The quantitative estimate of drug-likeness (QED) is 0.226. The first-order chi connectivity index (χ1) is 23.6. The zero-order chi connectivity index (χ0) is 36.0. The Kier molecular flexibility index (Phi) is 9.36. The third kappa shape index (κ3) is 7.17. The molecule has 9 nitrogen and oxygen atoms in total. The maximum atomic E-state index is 14.5. The fourth-order valence-electron chi connectivity index (χ4n) is 6.73. The lowest BCUT2D eigenvalue weighted by Crippen LogP contribution is -2.58. The Bertz CT molecular complexity index is 1910. The van der Waals surface area contributed by atoms with E-state index in [0.29, 0.717) is 12.8 Å². The van der Waals surface area contributed by atoms with Gasteiger partial charge < -0.3 is 15.5 Å². The summed E-state index contributed by atoms with van der Waals surface area (Å²) in [6.45, 7) is 9.42. The van der Waals surface area contributed by atoms with Gasteiger partial charge in [0.1, 0.15) is 17.6 Å². The van der Waals surface area contributed by atoms with Crippen LogP contribution in [0.3, 0.4) is 0 Å². The summed E-state index contributed by atoms with van der Waals surface area (Å²) in [5.74, 6) is -4.68. The van der Waals surface area contributed by atoms with Crippen LogP contribution in [0.15, 0.2) is 85.5 Å². The molecule has 5 atom stereocenters. The highest BCUT2D eigenvalue weighted by Gasteiger charge is 2.62. The summed E-state index contributed by atoms with van der Waals surface area (Å²) in [6.07, 6.45) is 2.85. The Morgan fingerprint density at radius 3 is 2.20 bits per heavy atom. The molecule has 3 fully saturated rings. The number of hydrogen-bond acceptors (Lipinski definition) is 6. The van der Waals surface area contributed by atoms with Crippen LogP contribution in [0.2, 0.25) is 0 Å². The van der Waals surface area contributed by atoms with Gasteiger partial charge in [0.2, 0.25) is 21.8 Å². The van der Waals surface area contributed by atoms with Gasteiger partial charge in [-0.1, -0.05) is 81.4 Å². The van der Waals surface area contributed by atoms with E-state index < -0.39 is 73.6 Å². The Balaban J connectivity index is 1.30. The molecule has 3 N–H and O–H groups in total. The standard InChI is InChI=1S/C38H42F2N4O5S/c1-5-27-21-38(27,36(47)43-50(48,49)29-16-17-29)42-34(45)32-19-26(25-13-11-24(12-14-25)23-9-7-6-8-10-23)22-44(32)35(46)33(37(2,3)4)41-28-15-18-30(39)31(40)20-28/h5-15,18,20,26-27,29,32-33,41H,1,16-17,19,21-22H2,2-4H3,(H,42,45)(H,43,47)/t26-,27-,32+,33+,38-/m1/s1. The smallest absolute Gasteiger partial charge is 0.259 e. The van der Waals surface area contributed by atoms with E-state index in [1.165, 1.54) is 17.0 Å². The number of amides is 3. The summed E-state index contributed by atoms with van der Waals surface area (Å²) in [4.78, 5) is 43.7. The molecule has 6 rings (SSSR count). The highest BCUT2D eigenvalue weighted by molar-refractivity contribution is 7.91. The van der Waals surface area contributed by atoms with Crippen molar-refractivity contribution >= 4 is 33.4 Å². The van der Waals surface area contributed by atoms with Gasteiger partial charge in [0.05, 0.1) is 5.25 Å². The van der Waals surface area contributed by atoms with Crippen LogP contribution in [0.5, 0.6) is 0 Å². The predicted molar refractivity (Wildman–Crippen MR) is 187 cm³/mol. The summed E-state index contributed by atoms with van der Waals surface area (Å²) in [5.41, 5.74) is 0.918. The van der Waals surface area contributed by atoms with Crippen molar-refractivity contribution in [3.05, 3.63) is 103 Å². The average Bonchev–Trinajstić information content (AvgIpc) is 4.01. The first-order valence-electron chi connectivity index (χ1n) is 16.8. The van der Waals surface area contributed by atoms with Gasteiger partial charge >= 0.3 is 0 Å². The van der Waals surface area contributed by atoms with Crippen molar-refractivity contribution in [1.29, 1.82) is 0 Å². The van der Waals surface area contributed by atoms with Gasteiger partial charge in [-0.2, -0.15) is 0 Å². The molecular formula is C38H42F2N4O5S. The molecule has 0 aromatic heterocycles. The molecule has 0 radical (unpaired) electrons. The number of carbonyl (C=O) groups excluding carboxylic acids is 3. The number of anilines is 1. The van der Waals surface area contributed by atoms with Crippen LogP contribution in [0.25, 0.3) is 11.1 Å². The van der Waals surface area contributed by atoms with Crippen molar-refractivity contribution in [2.75, 3.05) is 11.9 Å². The zero-order valence-corrected chi connectivity index (χ0v) is 29.1. The minimum atomic E-state index is -3.88. The Hall–Kier alpha value is -4.58. The lowest BCUT2D eigenvalue weighted by molar-refractivity contribution is -0.141. The number of halogens is 2. The fraction of sp³-hybridized carbons (Fsp3) is 0.395. The number of likely N-dealkylation sites (tertiary alicyclic amines) is 1. The Morgan fingerprint density at radius 1 is 0.960 bits per heavy atom. The number of benzene rings is 3. The van der Waals surface area contributed by atoms with Crippen LogP contribution in [-0.2, 0) is 24.4 Å². The summed E-state index contributed by atoms with van der Waals surface area (Å²) >= 11 is 0. The maximum Gasteiger partial charge on any atom is 0.259 e. The lowest BCUT2D eigenvalue weighted by atomic mass is 9.85. The summed E-state index contributed by atoms with van der Waals surface area (Å²) in [6, 6.07) is 19.1. The Labute approximate surface area is 291 Å². The van der Waals surface area contributed by atoms with E-state index in [1.807, 2.05) is 75.4 Å². The lowest BCUT2D eigenvalue weighted by Gasteiger charge is -2.36. The van der Waals surface area contributed by atoms with E-state index in [-0.39, 0.29) is 31.0 Å². The number of sulfonamides is 1. The molecule has 0 unspecified atom stereocenters. The Morgan fingerprint density at radius 2 is 1.62 bits per heavy atom. The fourth-order valence-corrected chi connectivity index (χ4v) is 8.10. The number of nitrogens with zero attached hydrogens (tertiary/aromatic N) is 1. The third-order valence-electron chi connectivity index (χ3n) is 9.97. The number of hydrogen-bond donors (Lipinski definition) is 3. The van der Waals surface area contributed by atoms with E-state index in [0.717, 1.165) is 28.8 Å². The van der Waals surface area contributed by atoms with Crippen LogP contribution in [0.4, 0.5) is 14.5 Å². The van der Waals surface area contributed by atoms with Crippen LogP contribution in [-0.4, -0.2) is 60.5 Å². The third-order valence-corrected chi connectivity index (χ3v) is 11.8. The van der Waals surface area contributed by atoms with Gasteiger partial charge in [-0.3, -0.25) is 19.1 Å². The topological polar surface area (TPSA) is 125 Å². The van der Waals surface area contributed by atoms with Crippen molar-refractivity contribution in [1.82, 2.24) is 14.9 Å². The largest absolute Gasteiger partial charge is 0.373 e. The van der Waals surface area contributed by atoms with Crippen molar-refractivity contribution in [3.8, 4) is 11.1 Å². The normalized spacial score (nSPS) is 23.9. The number of rotatable bonds is 11. The van der Waals surface area contributed by atoms with Gasteiger partial charge in [-0.05, 0) is 59.9 Å². The molecule has 3 aromatic rings. The minimum absolute atomic E-state index is 0.168. The minimum Gasteiger partial charge on any atom is -0.373 e. The van der Waals surface area contributed by atoms with Crippen molar-refractivity contribution in [2.45, 2.75) is 75.2 Å².